The highest BCUT2D eigenvalue weighted by Gasteiger charge is 2.34. The fourth-order valence-electron chi connectivity index (χ4n) is 2.57. The number of carbonyl (C=O) groups is 2. The summed E-state index contributed by atoms with van der Waals surface area (Å²) in [5.41, 5.74) is 1.21. The number of nitrogens with one attached hydrogen (secondary N) is 1. The quantitative estimate of drug-likeness (QED) is 0.865. The molecule has 6 heteroatoms. The molecule has 2 amide bonds. The second kappa shape index (κ2) is 6.72. The zero-order valence-corrected chi connectivity index (χ0v) is 14.5. The van der Waals surface area contributed by atoms with E-state index >= 15 is 0 Å². The summed E-state index contributed by atoms with van der Waals surface area (Å²) in [5, 5.41) is 3.32. The summed E-state index contributed by atoms with van der Waals surface area (Å²) >= 11 is 9.48. The topological polar surface area (TPSA) is 49.4 Å². The monoisotopic (exact) mass is 392 g/mol. The van der Waals surface area contributed by atoms with Crippen molar-refractivity contribution in [2.24, 2.45) is 0 Å². The van der Waals surface area contributed by atoms with E-state index in [9.17, 15) is 9.59 Å². The third kappa shape index (κ3) is 3.41. The van der Waals surface area contributed by atoms with Crippen LogP contribution in [0.25, 0.3) is 0 Å². The largest absolute Gasteiger partial charge is 0.340 e. The number of hydrogen-bond acceptors (Lipinski definition) is 2. The molecule has 0 bridgehead atoms. The Bertz CT molecular complexity index is 749. The Labute approximate surface area is 147 Å². The number of anilines is 1. The van der Waals surface area contributed by atoms with Crippen LogP contribution < -0.4 is 10.2 Å². The fourth-order valence-corrected chi connectivity index (χ4v) is 3.07. The van der Waals surface area contributed by atoms with Crippen LogP contribution in [0.1, 0.15) is 16.8 Å². The lowest BCUT2D eigenvalue weighted by atomic mass is 10.2. The first-order valence-corrected chi connectivity index (χ1v) is 8.35. The van der Waals surface area contributed by atoms with Gasteiger partial charge < -0.3 is 10.2 Å². The summed E-state index contributed by atoms with van der Waals surface area (Å²) in [6.45, 7) is 0.536. The second-order valence-electron chi connectivity index (χ2n) is 5.26. The predicted molar refractivity (Wildman–Crippen MR) is 93.8 cm³/mol. The SMILES string of the molecule is O=C(NC1CCN(c2ccccc2Cl)C1=O)c1ccc(Br)cc1. The Morgan fingerprint density at radius 3 is 2.57 bits per heavy atom. The molecular weight excluding hydrogens is 380 g/mol. The van der Waals surface area contributed by atoms with Crippen molar-refractivity contribution in [1.29, 1.82) is 0 Å². The fraction of sp³-hybridized carbons (Fsp3) is 0.176. The summed E-state index contributed by atoms with van der Waals surface area (Å²) in [7, 11) is 0. The Morgan fingerprint density at radius 2 is 1.87 bits per heavy atom. The van der Waals surface area contributed by atoms with Gasteiger partial charge in [-0.25, -0.2) is 0 Å². The van der Waals surface area contributed by atoms with Gasteiger partial charge in [0, 0.05) is 16.6 Å². The molecule has 0 aromatic heterocycles. The molecule has 1 atom stereocenters. The van der Waals surface area contributed by atoms with Gasteiger partial charge in [-0.2, -0.15) is 0 Å². The van der Waals surface area contributed by atoms with Gasteiger partial charge in [0.2, 0.25) is 5.91 Å². The van der Waals surface area contributed by atoms with Crippen LogP contribution in [0.5, 0.6) is 0 Å². The molecule has 1 heterocycles. The maximum absolute atomic E-state index is 12.5. The smallest absolute Gasteiger partial charge is 0.251 e. The Kier molecular flexibility index (Phi) is 4.68. The molecule has 2 aromatic rings. The second-order valence-corrected chi connectivity index (χ2v) is 6.59. The minimum atomic E-state index is -0.526. The molecule has 1 aliphatic rings. The van der Waals surface area contributed by atoms with Gasteiger partial charge >= 0.3 is 0 Å². The zero-order valence-electron chi connectivity index (χ0n) is 12.1. The molecule has 0 radical (unpaired) electrons. The first kappa shape index (κ1) is 16.0. The molecule has 0 saturated carbocycles. The summed E-state index contributed by atoms with van der Waals surface area (Å²) < 4.78 is 0.899. The highest BCUT2D eigenvalue weighted by atomic mass is 79.9. The van der Waals surface area contributed by atoms with Gasteiger partial charge in [0.25, 0.3) is 5.91 Å². The molecule has 1 unspecified atom stereocenters. The van der Waals surface area contributed by atoms with Gasteiger partial charge in [-0.1, -0.05) is 39.7 Å². The van der Waals surface area contributed by atoms with Crippen molar-refractivity contribution in [3.8, 4) is 0 Å². The van der Waals surface area contributed by atoms with E-state index in [2.05, 4.69) is 21.2 Å². The summed E-state index contributed by atoms with van der Waals surface area (Å²) in [4.78, 5) is 26.4. The van der Waals surface area contributed by atoms with E-state index in [1.165, 1.54) is 0 Å². The van der Waals surface area contributed by atoms with Crippen molar-refractivity contribution in [1.82, 2.24) is 5.32 Å². The predicted octanol–water partition coefficient (Wildman–Crippen LogP) is 3.64. The Balaban J connectivity index is 1.71. The van der Waals surface area contributed by atoms with Crippen LogP contribution >= 0.6 is 27.5 Å². The van der Waals surface area contributed by atoms with Crippen molar-refractivity contribution in [3.05, 3.63) is 63.6 Å². The van der Waals surface area contributed by atoms with E-state index in [1.807, 2.05) is 12.1 Å². The van der Waals surface area contributed by atoms with Gasteiger partial charge in [0.15, 0.2) is 0 Å². The molecule has 2 aromatic carbocycles. The van der Waals surface area contributed by atoms with E-state index in [0.717, 1.165) is 4.47 Å². The minimum Gasteiger partial charge on any atom is -0.340 e. The van der Waals surface area contributed by atoms with E-state index in [0.29, 0.717) is 29.2 Å². The average Bonchev–Trinajstić information content (AvgIpc) is 2.89. The van der Waals surface area contributed by atoms with Gasteiger partial charge in [-0.05, 0) is 42.8 Å². The number of nitrogens with zero attached hydrogens (tertiary/aromatic N) is 1. The van der Waals surface area contributed by atoms with Crippen LogP contribution in [0.4, 0.5) is 5.69 Å². The van der Waals surface area contributed by atoms with E-state index < -0.39 is 6.04 Å². The molecule has 1 saturated heterocycles. The molecule has 1 fully saturated rings. The van der Waals surface area contributed by atoms with Gasteiger partial charge in [0.1, 0.15) is 6.04 Å². The Morgan fingerprint density at radius 1 is 1.17 bits per heavy atom. The molecule has 1 aliphatic heterocycles. The summed E-state index contributed by atoms with van der Waals surface area (Å²) in [6, 6.07) is 13.7. The normalized spacial score (nSPS) is 17.4. The number of hydrogen-bond donors (Lipinski definition) is 1. The van der Waals surface area contributed by atoms with Crippen LogP contribution in [0.15, 0.2) is 53.0 Å². The summed E-state index contributed by atoms with van der Waals surface area (Å²) in [6.07, 6.45) is 0.562. The van der Waals surface area contributed by atoms with E-state index in [-0.39, 0.29) is 11.8 Å². The maximum Gasteiger partial charge on any atom is 0.251 e. The van der Waals surface area contributed by atoms with Gasteiger partial charge in [-0.15, -0.1) is 0 Å². The molecular formula is C17H14BrClN2O2. The highest BCUT2D eigenvalue weighted by molar-refractivity contribution is 9.10. The lowest BCUT2D eigenvalue weighted by molar-refractivity contribution is -0.118. The van der Waals surface area contributed by atoms with Gasteiger partial charge in [0.05, 0.1) is 10.7 Å². The van der Waals surface area contributed by atoms with Crippen LogP contribution in [0.3, 0.4) is 0 Å². The number of para-hydroxylation sites is 1. The molecule has 4 nitrogen and oxygen atoms in total. The highest BCUT2D eigenvalue weighted by Crippen LogP contribution is 2.29. The third-order valence-corrected chi connectivity index (χ3v) is 4.61. The lowest BCUT2D eigenvalue weighted by Gasteiger charge is -2.18. The first-order chi connectivity index (χ1) is 11.1. The molecule has 1 N–H and O–H groups in total. The molecule has 0 aliphatic carbocycles. The number of amides is 2. The minimum absolute atomic E-state index is 0.136. The third-order valence-electron chi connectivity index (χ3n) is 3.76. The molecule has 0 spiro atoms. The maximum atomic E-state index is 12.5. The van der Waals surface area contributed by atoms with Gasteiger partial charge in [-0.3, -0.25) is 9.59 Å². The zero-order chi connectivity index (χ0) is 16.4. The molecule has 3 rings (SSSR count). The van der Waals surface area contributed by atoms with Crippen LogP contribution in [-0.4, -0.2) is 24.4 Å². The lowest BCUT2D eigenvalue weighted by Crippen LogP contribution is -2.41. The number of carbonyl (C=O) groups excluding carboxylic acids is 2. The number of rotatable bonds is 3. The number of halogens is 2. The number of benzene rings is 2. The van der Waals surface area contributed by atoms with Crippen molar-refractivity contribution in [2.75, 3.05) is 11.4 Å². The van der Waals surface area contributed by atoms with Crippen molar-refractivity contribution in [2.45, 2.75) is 12.5 Å². The van der Waals surface area contributed by atoms with Crippen LogP contribution in [-0.2, 0) is 4.79 Å². The summed E-state index contributed by atoms with van der Waals surface area (Å²) in [5.74, 6) is -0.388. The Hall–Kier alpha value is -1.85. The van der Waals surface area contributed by atoms with Crippen LogP contribution in [0.2, 0.25) is 5.02 Å². The van der Waals surface area contributed by atoms with E-state index in [1.54, 1.807) is 41.3 Å². The molecule has 118 valence electrons. The van der Waals surface area contributed by atoms with Crippen molar-refractivity contribution >= 4 is 45.0 Å². The van der Waals surface area contributed by atoms with Crippen molar-refractivity contribution in [3.63, 3.8) is 0 Å². The van der Waals surface area contributed by atoms with Crippen molar-refractivity contribution < 1.29 is 9.59 Å². The molecule has 23 heavy (non-hydrogen) atoms. The average molecular weight is 394 g/mol. The van der Waals surface area contributed by atoms with E-state index in [4.69, 9.17) is 11.6 Å². The first-order valence-electron chi connectivity index (χ1n) is 7.18. The van der Waals surface area contributed by atoms with Crippen LogP contribution in [0, 0.1) is 0 Å². The standard InChI is InChI=1S/C17H14BrClN2O2/c18-12-7-5-11(6-8-12)16(22)20-14-9-10-21(17(14)23)15-4-2-1-3-13(15)19/h1-8,14H,9-10H2,(H,20,22).